The van der Waals surface area contributed by atoms with Crippen LogP contribution in [0.1, 0.15) is 28.9 Å². The molecule has 4 rings (SSSR count). The number of aryl methyl sites for hydroxylation is 1. The molecule has 3 aromatic heterocycles. The standard InChI is InChI=1S/C16H19N7O/c1-10-6-11(8-23-15(10)18-9-19-23)13-7-14(22-21-13)16(24)20-12-2-4-17-5-3-12/h6-9,12,17H,2-5H2,1H3,(H,20,24)(H,21,22). The zero-order chi connectivity index (χ0) is 16.5. The lowest BCUT2D eigenvalue weighted by atomic mass is 10.1. The molecule has 3 aromatic rings. The van der Waals surface area contributed by atoms with Gasteiger partial charge in [0.2, 0.25) is 0 Å². The Hall–Kier alpha value is -2.74. The van der Waals surface area contributed by atoms with Gasteiger partial charge in [0.25, 0.3) is 5.91 Å². The molecule has 0 unspecified atom stereocenters. The van der Waals surface area contributed by atoms with Crippen LogP contribution in [0, 0.1) is 6.92 Å². The molecule has 0 bridgehead atoms. The quantitative estimate of drug-likeness (QED) is 0.664. The molecule has 3 N–H and O–H groups in total. The molecule has 1 aliphatic rings. The summed E-state index contributed by atoms with van der Waals surface area (Å²) < 4.78 is 1.72. The molecule has 124 valence electrons. The van der Waals surface area contributed by atoms with E-state index in [1.165, 1.54) is 6.33 Å². The lowest BCUT2D eigenvalue weighted by Gasteiger charge is -2.23. The van der Waals surface area contributed by atoms with Crippen molar-refractivity contribution in [3.05, 3.63) is 35.9 Å². The molecule has 8 heteroatoms. The number of piperidine rings is 1. The lowest BCUT2D eigenvalue weighted by molar-refractivity contribution is 0.0924. The SMILES string of the molecule is Cc1cc(-c2cc(C(=O)NC3CCNCC3)n[nH]2)cn2ncnc12. The largest absolute Gasteiger partial charge is 0.348 e. The molecule has 1 fully saturated rings. The van der Waals surface area contributed by atoms with Crippen molar-refractivity contribution < 1.29 is 4.79 Å². The van der Waals surface area contributed by atoms with E-state index in [4.69, 9.17) is 0 Å². The van der Waals surface area contributed by atoms with Crippen LogP contribution in [0.3, 0.4) is 0 Å². The molecule has 24 heavy (non-hydrogen) atoms. The van der Waals surface area contributed by atoms with E-state index in [9.17, 15) is 4.79 Å². The summed E-state index contributed by atoms with van der Waals surface area (Å²) in [6, 6.07) is 3.99. The third kappa shape index (κ3) is 2.76. The Morgan fingerprint density at radius 1 is 1.33 bits per heavy atom. The number of nitrogens with zero attached hydrogens (tertiary/aromatic N) is 4. The van der Waals surface area contributed by atoms with E-state index >= 15 is 0 Å². The van der Waals surface area contributed by atoms with Crippen LogP contribution in [0.15, 0.2) is 24.7 Å². The average Bonchev–Trinajstić information content (AvgIpc) is 3.25. The molecular weight excluding hydrogens is 306 g/mol. The summed E-state index contributed by atoms with van der Waals surface area (Å²) in [6.45, 7) is 3.86. The minimum absolute atomic E-state index is 0.136. The Balaban J connectivity index is 1.55. The highest BCUT2D eigenvalue weighted by Gasteiger charge is 2.18. The van der Waals surface area contributed by atoms with Crippen LogP contribution in [0.5, 0.6) is 0 Å². The van der Waals surface area contributed by atoms with E-state index < -0.39 is 0 Å². The number of amides is 1. The molecule has 0 spiro atoms. The van der Waals surface area contributed by atoms with Crippen LogP contribution in [-0.4, -0.2) is 49.8 Å². The Labute approximate surface area is 138 Å². The number of aromatic amines is 1. The van der Waals surface area contributed by atoms with E-state index in [0.29, 0.717) is 5.69 Å². The van der Waals surface area contributed by atoms with Crippen molar-refractivity contribution in [1.29, 1.82) is 0 Å². The molecule has 1 saturated heterocycles. The van der Waals surface area contributed by atoms with Crippen LogP contribution in [0.2, 0.25) is 0 Å². The average molecular weight is 325 g/mol. The van der Waals surface area contributed by atoms with Crippen molar-refractivity contribution in [2.75, 3.05) is 13.1 Å². The molecule has 0 aromatic carbocycles. The van der Waals surface area contributed by atoms with Crippen molar-refractivity contribution >= 4 is 11.6 Å². The second-order valence-electron chi connectivity index (χ2n) is 6.10. The molecule has 1 amide bonds. The number of carbonyl (C=O) groups excluding carboxylic acids is 1. The van der Waals surface area contributed by atoms with Gasteiger partial charge in [-0.3, -0.25) is 9.89 Å². The molecule has 4 heterocycles. The van der Waals surface area contributed by atoms with Crippen LogP contribution in [0.4, 0.5) is 0 Å². The normalized spacial score (nSPS) is 15.7. The predicted molar refractivity (Wildman–Crippen MR) is 88.7 cm³/mol. The molecule has 1 aliphatic heterocycles. The first kappa shape index (κ1) is 14.8. The number of rotatable bonds is 3. The summed E-state index contributed by atoms with van der Waals surface area (Å²) in [7, 11) is 0. The van der Waals surface area contributed by atoms with E-state index in [2.05, 4.69) is 30.9 Å². The summed E-state index contributed by atoms with van der Waals surface area (Å²) in [5.41, 5.74) is 3.94. The first-order valence-corrected chi connectivity index (χ1v) is 8.08. The summed E-state index contributed by atoms with van der Waals surface area (Å²) in [5.74, 6) is -0.136. The molecule has 0 aliphatic carbocycles. The highest BCUT2D eigenvalue weighted by Crippen LogP contribution is 2.20. The fraction of sp³-hybridized carbons (Fsp3) is 0.375. The number of hydrogen-bond acceptors (Lipinski definition) is 5. The van der Waals surface area contributed by atoms with Gasteiger partial charge in [0.15, 0.2) is 11.3 Å². The van der Waals surface area contributed by atoms with Gasteiger partial charge in [0.05, 0.1) is 5.69 Å². The van der Waals surface area contributed by atoms with Crippen LogP contribution >= 0.6 is 0 Å². The van der Waals surface area contributed by atoms with Gasteiger partial charge in [0, 0.05) is 17.8 Å². The number of aromatic nitrogens is 5. The zero-order valence-electron chi connectivity index (χ0n) is 13.4. The first-order valence-electron chi connectivity index (χ1n) is 8.08. The third-order valence-corrected chi connectivity index (χ3v) is 4.36. The fourth-order valence-electron chi connectivity index (χ4n) is 3.05. The minimum atomic E-state index is -0.136. The number of pyridine rings is 1. The van der Waals surface area contributed by atoms with Gasteiger partial charge >= 0.3 is 0 Å². The van der Waals surface area contributed by atoms with Gasteiger partial charge in [-0.2, -0.15) is 10.2 Å². The van der Waals surface area contributed by atoms with Crippen molar-refractivity contribution in [3.63, 3.8) is 0 Å². The monoisotopic (exact) mass is 325 g/mol. The summed E-state index contributed by atoms with van der Waals surface area (Å²) in [5, 5.41) is 17.6. The smallest absolute Gasteiger partial charge is 0.272 e. The number of hydrogen-bond donors (Lipinski definition) is 3. The first-order chi connectivity index (χ1) is 11.7. The maximum Gasteiger partial charge on any atom is 0.272 e. The van der Waals surface area contributed by atoms with Gasteiger partial charge in [-0.1, -0.05) is 0 Å². The van der Waals surface area contributed by atoms with Crippen molar-refractivity contribution in [2.45, 2.75) is 25.8 Å². The van der Waals surface area contributed by atoms with Gasteiger partial charge in [0.1, 0.15) is 6.33 Å². The van der Waals surface area contributed by atoms with Crippen LogP contribution < -0.4 is 10.6 Å². The lowest BCUT2D eigenvalue weighted by Crippen LogP contribution is -2.42. The minimum Gasteiger partial charge on any atom is -0.348 e. The summed E-state index contributed by atoms with van der Waals surface area (Å²) in [6.07, 6.45) is 5.30. The highest BCUT2D eigenvalue weighted by molar-refractivity contribution is 5.93. The second kappa shape index (κ2) is 6.04. The molecule has 8 nitrogen and oxygen atoms in total. The van der Waals surface area contributed by atoms with Crippen molar-refractivity contribution in [3.8, 4) is 11.3 Å². The van der Waals surface area contributed by atoms with E-state index in [-0.39, 0.29) is 11.9 Å². The highest BCUT2D eigenvalue weighted by atomic mass is 16.2. The number of fused-ring (bicyclic) bond motifs is 1. The van der Waals surface area contributed by atoms with E-state index in [0.717, 1.165) is 48.4 Å². The number of H-pyrrole nitrogens is 1. The Morgan fingerprint density at radius 3 is 3.00 bits per heavy atom. The van der Waals surface area contributed by atoms with Gasteiger partial charge in [-0.05, 0) is 50.6 Å². The predicted octanol–water partition coefficient (Wildman–Crippen LogP) is 0.910. The summed E-state index contributed by atoms with van der Waals surface area (Å²) in [4.78, 5) is 16.6. The maximum atomic E-state index is 12.4. The Kier molecular flexibility index (Phi) is 3.73. The molecule has 0 atom stereocenters. The topological polar surface area (TPSA) is 100 Å². The summed E-state index contributed by atoms with van der Waals surface area (Å²) >= 11 is 0. The van der Waals surface area contributed by atoms with Crippen molar-refractivity contribution in [1.82, 2.24) is 35.4 Å². The Bertz CT molecular complexity index is 876. The van der Waals surface area contributed by atoms with Crippen LogP contribution in [-0.2, 0) is 0 Å². The molecular formula is C16H19N7O. The third-order valence-electron chi connectivity index (χ3n) is 4.36. The van der Waals surface area contributed by atoms with E-state index in [1.807, 2.05) is 19.2 Å². The maximum absolute atomic E-state index is 12.4. The Morgan fingerprint density at radius 2 is 2.17 bits per heavy atom. The zero-order valence-corrected chi connectivity index (χ0v) is 13.4. The van der Waals surface area contributed by atoms with Crippen LogP contribution in [0.25, 0.3) is 16.9 Å². The second-order valence-corrected chi connectivity index (χ2v) is 6.10. The molecule has 0 radical (unpaired) electrons. The number of nitrogens with one attached hydrogen (secondary N) is 3. The van der Waals surface area contributed by atoms with Gasteiger partial charge in [-0.15, -0.1) is 0 Å². The number of carbonyl (C=O) groups is 1. The fourth-order valence-corrected chi connectivity index (χ4v) is 3.05. The van der Waals surface area contributed by atoms with Gasteiger partial charge < -0.3 is 10.6 Å². The van der Waals surface area contributed by atoms with E-state index in [1.54, 1.807) is 10.6 Å². The molecule has 0 saturated carbocycles. The van der Waals surface area contributed by atoms with Gasteiger partial charge in [-0.25, -0.2) is 9.50 Å². The van der Waals surface area contributed by atoms with Crippen molar-refractivity contribution in [2.24, 2.45) is 0 Å².